The normalized spacial score (nSPS) is 30.7. The fourth-order valence-corrected chi connectivity index (χ4v) is 4.43. The second-order valence-corrected chi connectivity index (χ2v) is 6.95. The molecule has 2 aromatic rings. The quantitative estimate of drug-likeness (QED) is 0.780. The Kier molecular flexibility index (Phi) is 2.91. The first-order chi connectivity index (χ1) is 12.3. The second kappa shape index (κ2) is 4.81. The highest BCUT2D eigenvalue weighted by Gasteiger charge is 2.63. The molecular weight excluding hydrogens is 353 g/mol. The Morgan fingerprint density at radius 3 is 2.38 bits per heavy atom. The summed E-state index contributed by atoms with van der Waals surface area (Å²) in [6.45, 7) is 1.47. The second-order valence-electron chi connectivity index (χ2n) is 6.95. The van der Waals surface area contributed by atoms with Crippen LogP contribution < -0.4 is 4.90 Å². The highest BCUT2D eigenvalue weighted by atomic mass is 19.4. The van der Waals surface area contributed by atoms with Gasteiger partial charge in [0, 0.05) is 0 Å². The van der Waals surface area contributed by atoms with E-state index in [1.54, 1.807) is 0 Å². The number of ether oxygens (including phenoxy) is 1. The first kappa shape index (κ1) is 15.7. The van der Waals surface area contributed by atoms with Crippen LogP contribution in [-0.2, 0) is 20.5 Å². The molecule has 2 aromatic heterocycles. The number of hydrogen-bond donors (Lipinski definition) is 1. The van der Waals surface area contributed by atoms with Gasteiger partial charge in [0.2, 0.25) is 11.8 Å². The zero-order chi connectivity index (χ0) is 18.4. The molecule has 0 saturated carbocycles. The molecule has 0 unspecified atom stereocenters. The molecule has 5 heterocycles. The first-order valence-corrected chi connectivity index (χ1v) is 8.23. The summed E-state index contributed by atoms with van der Waals surface area (Å²) in [7, 11) is 0. The minimum atomic E-state index is -4.60. The molecular formula is C16H13F3N4O3. The molecule has 0 radical (unpaired) electrons. The molecule has 2 bridgehead atoms. The van der Waals surface area contributed by atoms with Crippen molar-refractivity contribution in [2.75, 3.05) is 4.90 Å². The van der Waals surface area contributed by atoms with Gasteiger partial charge in [-0.2, -0.15) is 18.3 Å². The third-order valence-corrected chi connectivity index (χ3v) is 5.49. The minimum Gasteiger partial charge on any atom is -0.373 e. The highest BCUT2D eigenvalue weighted by Crippen LogP contribution is 2.50. The van der Waals surface area contributed by atoms with Crippen molar-refractivity contribution in [3.63, 3.8) is 0 Å². The average Bonchev–Trinajstić information content (AvgIpc) is 3.30. The fraction of sp³-hybridized carbons (Fsp3) is 0.500. The summed E-state index contributed by atoms with van der Waals surface area (Å²) in [5.74, 6) is -1.85. The van der Waals surface area contributed by atoms with E-state index in [9.17, 15) is 22.8 Å². The number of aromatic amines is 1. The van der Waals surface area contributed by atoms with E-state index in [1.807, 2.05) is 0 Å². The molecule has 10 heteroatoms. The number of nitrogens with one attached hydrogen (secondary N) is 1. The predicted molar refractivity (Wildman–Crippen MR) is 81.0 cm³/mol. The molecule has 3 aliphatic rings. The maximum Gasteiger partial charge on any atom is 0.433 e. The van der Waals surface area contributed by atoms with Crippen molar-refractivity contribution in [2.45, 2.75) is 38.1 Å². The van der Waals surface area contributed by atoms with Crippen LogP contribution in [-0.4, -0.2) is 39.2 Å². The Morgan fingerprint density at radius 1 is 1.19 bits per heavy atom. The van der Waals surface area contributed by atoms with E-state index in [2.05, 4.69) is 15.2 Å². The molecule has 3 saturated heterocycles. The third-order valence-electron chi connectivity index (χ3n) is 5.49. The summed E-state index contributed by atoms with van der Waals surface area (Å²) >= 11 is 0. The molecule has 0 aliphatic carbocycles. The number of aryl methyl sites for hydroxylation is 1. The number of carbonyl (C=O) groups is 2. The number of hydrogen-bond acceptors (Lipinski definition) is 5. The van der Waals surface area contributed by atoms with Crippen LogP contribution in [0.5, 0.6) is 0 Å². The van der Waals surface area contributed by atoms with Crippen LogP contribution in [0.15, 0.2) is 6.07 Å². The van der Waals surface area contributed by atoms with Crippen molar-refractivity contribution in [1.29, 1.82) is 0 Å². The number of pyridine rings is 1. The van der Waals surface area contributed by atoms with E-state index in [1.165, 1.54) is 6.92 Å². The highest BCUT2D eigenvalue weighted by molar-refractivity contribution is 6.24. The van der Waals surface area contributed by atoms with Gasteiger partial charge in [-0.1, -0.05) is 0 Å². The first-order valence-electron chi connectivity index (χ1n) is 8.23. The Labute approximate surface area is 144 Å². The van der Waals surface area contributed by atoms with Crippen LogP contribution >= 0.6 is 0 Å². The van der Waals surface area contributed by atoms with Gasteiger partial charge in [-0.3, -0.25) is 14.7 Å². The number of rotatable bonds is 1. The maximum absolute atomic E-state index is 12.9. The smallest absolute Gasteiger partial charge is 0.373 e. The SMILES string of the molecule is Cc1cc(C(F)(F)F)nc2[nH]nc(N3C(=O)[C@@H]4[C@@H](C3=O)[C@H]3CC[C@@H]4O3)c12. The summed E-state index contributed by atoms with van der Waals surface area (Å²) < 4.78 is 44.5. The van der Waals surface area contributed by atoms with E-state index in [-0.39, 0.29) is 34.6 Å². The number of carbonyl (C=O) groups excluding carboxylic acids is 2. The Bertz CT molecular complexity index is 942. The van der Waals surface area contributed by atoms with Crippen molar-refractivity contribution in [3.8, 4) is 0 Å². The lowest BCUT2D eigenvalue weighted by Crippen LogP contribution is -2.34. The number of alkyl halides is 3. The number of nitrogens with zero attached hydrogens (tertiary/aromatic N) is 3. The third kappa shape index (κ3) is 1.87. The molecule has 2 amide bonds. The lowest BCUT2D eigenvalue weighted by molar-refractivity contribution is -0.141. The van der Waals surface area contributed by atoms with Gasteiger partial charge < -0.3 is 4.74 Å². The zero-order valence-corrected chi connectivity index (χ0v) is 13.5. The number of imide groups is 1. The van der Waals surface area contributed by atoms with Gasteiger partial charge in [-0.25, -0.2) is 9.88 Å². The van der Waals surface area contributed by atoms with Crippen molar-refractivity contribution in [2.24, 2.45) is 11.8 Å². The van der Waals surface area contributed by atoms with Crippen LogP contribution in [0.2, 0.25) is 0 Å². The Morgan fingerprint density at radius 2 is 1.81 bits per heavy atom. The number of halogens is 3. The summed E-state index contributed by atoms with van der Waals surface area (Å²) in [5.41, 5.74) is -0.924. The van der Waals surface area contributed by atoms with Gasteiger partial charge in [0.1, 0.15) is 5.69 Å². The van der Waals surface area contributed by atoms with E-state index < -0.39 is 35.5 Å². The van der Waals surface area contributed by atoms with Crippen molar-refractivity contribution >= 4 is 28.7 Å². The average molecular weight is 366 g/mol. The predicted octanol–water partition coefficient (Wildman–Crippen LogP) is 1.95. The fourth-order valence-electron chi connectivity index (χ4n) is 4.43. The van der Waals surface area contributed by atoms with E-state index in [4.69, 9.17) is 4.74 Å². The lowest BCUT2D eigenvalue weighted by Gasteiger charge is -2.16. The van der Waals surface area contributed by atoms with Gasteiger partial charge in [-0.15, -0.1) is 0 Å². The molecule has 3 fully saturated rings. The van der Waals surface area contributed by atoms with E-state index in [0.717, 1.165) is 23.8 Å². The Balaban J connectivity index is 1.62. The number of fused-ring (bicyclic) bond motifs is 6. The molecule has 0 aromatic carbocycles. The molecule has 3 aliphatic heterocycles. The van der Waals surface area contributed by atoms with Crippen molar-refractivity contribution < 1.29 is 27.5 Å². The lowest BCUT2D eigenvalue weighted by atomic mass is 9.81. The van der Waals surface area contributed by atoms with Crippen LogP contribution in [0, 0.1) is 18.8 Å². The van der Waals surface area contributed by atoms with Crippen LogP contribution in [0.1, 0.15) is 24.1 Å². The van der Waals surface area contributed by atoms with Gasteiger partial charge in [0.05, 0.1) is 29.4 Å². The van der Waals surface area contributed by atoms with Gasteiger partial charge >= 0.3 is 6.18 Å². The molecule has 0 spiro atoms. The summed E-state index contributed by atoms with van der Waals surface area (Å²) in [5, 5.41) is 6.62. The number of H-pyrrole nitrogens is 1. The maximum atomic E-state index is 12.9. The van der Waals surface area contributed by atoms with Gasteiger partial charge in [0.25, 0.3) is 0 Å². The van der Waals surface area contributed by atoms with E-state index >= 15 is 0 Å². The number of amides is 2. The molecule has 26 heavy (non-hydrogen) atoms. The zero-order valence-electron chi connectivity index (χ0n) is 13.5. The van der Waals surface area contributed by atoms with Crippen LogP contribution in [0.3, 0.4) is 0 Å². The molecule has 136 valence electrons. The van der Waals surface area contributed by atoms with Crippen LogP contribution in [0.25, 0.3) is 11.0 Å². The molecule has 4 atom stereocenters. The molecule has 7 nitrogen and oxygen atoms in total. The Hall–Kier alpha value is -2.49. The standard InChI is InChI=1S/C16H13F3N4O3/c1-5-4-8(16(17,18)19)20-12-9(5)13(22-21-12)23-14(24)10-6-2-3-7(26-6)11(10)15(23)25/h4,6-7,10-11H,2-3H2,1H3,(H,20,21,22)/t6-,7+,10-,11-/m0/s1. The molecule has 1 N–H and O–H groups in total. The summed E-state index contributed by atoms with van der Waals surface area (Å²) in [6.07, 6.45) is -3.68. The summed E-state index contributed by atoms with van der Waals surface area (Å²) in [6, 6.07) is 0.889. The van der Waals surface area contributed by atoms with Crippen molar-refractivity contribution in [1.82, 2.24) is 15.2 Å². The van der Waals surface area contributed by atoms with Crippen LogP contribution in [0.4, 0.5) is 19.0 Å². The number of aromatic nitrogens is 3. The largest absolute Gasteiger partial charge is 0.433 e. The van der Waals surface area contributed by atoms with E-state index in [0.29, 0.717) is 0 Å². The minimum absolute atomic E-state index is 0.0162. The topological polar surface area (TPSA) is 88.2 Å². The number of anilines is 1. The van der Waals surface area contributed by atoms with Gasteiger partial charge in [-0.05, 0) is 31.4 Å². The monoisotopic (exact) mass is 366 g/mol. The van der Waals surface area contributed by atoms with Gasteiger partial charge in [0.15, 0.2) is 11.5 Å². The van der Waals surface area contributed by atoms with Crippen molar-refractivity contribution in [3.05, 3.63) is 17.3 Å². The summed E-state index contributed by atoms with van der Waals surface area (Å²) in [4.78, 5) is 30.2. The molecule has 5 rings (SSSR count).